The summed E-state index contributed by atoms with van der Waals surface area (Å²) in [5.41, 5.74) is 15.3. The zero-order valence-electron chi connectivity index (χ0n) is 14.8. The van der Waals surface area contributed by atoms with Crippen LogP contribution in [0.25, 0.3) is 0 Å². The number of hydrogen-bond acceptors (Lipinski definition) is 7. The van der Waals surface area contributed by atoms with Crippen molar-refractivity contribution < 1.29 is 19.4 Å². The Balaban J connectivity index is 2.26. The zero-order chi connectivity index (χ0) is 20.2. The molecule has 1 amide bonds. The van der Waals surface area contributed by atoms with Crippen molar-refractivity contribution in [2.45, 2.75) is 38.3 Å². The molecule has 0 bridgehead atoms. The smallest absolute Gasteiger partial charge is 0.407 e. The average Bonchev–Trinajstić information content (AvgIpc) is 2.58. The number of anilines is 1. The van der Waals surface area contributed by atoms with Crippen LogP contribution in [0.15, 0.2) is 22.1 Å². The summed E-state index contributed by atoms with van der Waals surface area (Å²) in [6.07, 6.45) is 2.33. The Hall–Kier alpha value is -3.31. The SMILES string of the molecule is NC(N)=NCCC[C@H](NC(=O)OCCCCn1ccc(N)nc1=O)C(=O)O. The first-order chi connectivity index (χ1) is 12.8. The summed E-state index contributed by atoms with van der Waals surface area (Å²) in [4.78, 5) is 41.7. The molecule has 150 valence electrons. The molecule has 1 atom stereocenters. The van der Waals surface area contributed by atoms with Gasteiger partial charge in [-0.15, -0.1) is 0 Å². The summed E-state index contributed by atoms with van der Waals surface area (Å²) < 4.78 is 6.35. The van der Waals surface area contributed by atoms with Gasteiger partial charge in [0.15, 0.2) is 5.96 Å². The van der Waals surface area contributed by atoms with E-state index < -0.39 is 23.8 Å². The van der Waals surface area contributed by atoms with E-state index in [1.165, 1.54) is 16.8 Å². The van der Waals surface area contributed by atoms with Gasteiger partial charge in [-0.05, 0) is 31.7 Å². The topological polar surface area (TPSA) is 201 Å². The normalized spacial score (nSPS) is 11.4. The number of guanidine groups is 1. The van der Waals surface area contributed by atoms with E-state index in [9.17, 15) is 14.4 Å². The number of aryl methyl sites for hydroxylation is 1. The summed E-state index contributed by atoms with van der Waals surface area (Å²) in [5, 5.41) is 11.4. The molecule has 0 aliphatic heterocycles. The molecule has 0 aliphatic rings. The van der Waals surface area contributed by atoms with E-state index in [1.54, 1.807) is 0 Å². The van der Waals surface area contributed by atoms with Gasteiger partial charge in [0, 0.05) is 19.3 Å². The van der Waals surface area contributed by atoms with E-state index in [0.717, 1.165) is 0 Å². The molecule has 0 spiro atoms. The first-order valence-corrected chi connectivity index (χ1v) is 8.34. The number of hydrogen-bond donors (Lipinski definition) is 5. The number of aliphatic carboxylic acids is 1. The molecular formula is C15H25N7O5. The molecule has 0 unspecified atom stereocenters. The van der Waals surface area contributed by atoms with Crippen LogP contribution in [0.5, 0.6) is 0 Å². The van der Waals surface area contributed by atoms with Crippen LogP contribution in [0, 0.1) is 0 Å². The molecule has 12 heteroatoms. The van der Waals surface area contributed by atoms with Crippen molar-refractivity contribution in [3.63, 3.8) is 0 Å². The lowest BCUT2D eigenvalue weighted by Crippen LogP contribution is -2.41. The quantitative estimate of drug-likeness (QED) is 0.177. The molecular weight excluding hydrogens is 358 g/mol. The molecule has 8 N–H and O–H groups in total. The zero-order valence-corrected chi connectivity index (χ0v) is 14.8. The Morgan fingerprint density at radius 2 is 2.07 bits per heavy atom. The number of amides is 1. The maximum absolute atomic E-state index is 11.7. The van der Waals surface area contributed by atoms with E-state index in [4.69, 9.17) is 27.0 Å². The predicted octanol–water partition coefficient (Wildman–Crippen LogP) is -1.16. The van der Waals surface area contributed by atoms with E-state index in [-0.39, 0.29) is 31.3 Å². The van der Waals surface area contributed by atoms with Crippen molar-refractivity contribution >= 4 is 23.8 Å². The first kappa shape index (κ1) is 21.7. The third kappa shape index (κ3) is 9.09. The highest BCUT2D eigenvalue weighted by atomic mass is 16.5. The Kier molecular flexibility index (Phi) is 9.12. The van der Waals surface area contributed by atoms with Crippen LogP contribution in [-0.4, -0.2) is 51.9 Å². The van der Waals surface area contributed by atoms with Gasteiger partial charge >= 0.3 is 17.8 Å². The van der Waals surface area contributed by atoms with Crippen molar-refractivity contribution in [1.82, 2.24) is 14.9 Å². The minimum absolute atomic E-state index is 0.0775. The summed E-state index contributed by atoms with van der Waals surface area (Å²) >= 11 is 0. The number of carboxylic acid groups (broad SMARTS) is 1. The third-order valence-electron chi connectivity index (χ3n) is 3.46. The molecule has 0 fully saturated rings. The van der Waals surface area contributed by atoms with Gasteiger partial charge in [-0.25, -0.2) is 14.4 Å². The first-order valence-electron chi connectivity index (χ1n) is 8.34. The minimum Gasteiger partial charge on any atom is -0.480 e. The molecule has 12 nitrogen and oxygen atoms in total. The molecule has 1 heterocycles. The maximum Gasteiger partial charge on any atom is 0.407 e. The summed E-state index contributed by atoms with van der Waals surface area (Å²) in [6.45, 7) is 0.755. The van der Waals surface area contributed by atoms with Gasteiger partial charge < -0.3 is 32.4 Å². The largest absolute Gasteiger partial charge is 0.480 e. The van der Waals surface area contributed by atoms with E-state index in [2.05, 4.69) is 15.3 Å². The number of nitrogens with two attached hydrogens (primary N) is 3. The van der Waals surface area contributed by atoms with Crippen molar-refractivity contribution in [2.75, 3.05) is 18.9 Å². The number of nitrogens with zero attached hydrogens (tertiary/aromatic N) is 3. The fourth-order valence-electron chi connectivity index (χ4n) is 2.11. The van der Waals surface area contributed by atoms with Crippen molar-refractivity contribution in [2.24, 2.45) is 16.5 Å². The lowest BCUT2D eigenvalue weighted by Gasteiger charge is -2.14. The molecule has 1 rings (SSSR count). The number of unbranched alkanes of at least 4 members (excludes halogenated alkanes) is 1. The molecule has 0 saturated heterocycles. The number of nitrogens with one attached hydrogen (secondary N) is 1. The highest BCUT2D eigenvalue weighted by Gasteiger charge is 2.20. The Morgan fingerprint density at radius 1 is 1.33 bits per heavy atom. The number of aromatic nitrogens is 2. The van der Waals surface area contributed by atoms with Gasteiger partial charge in [0.25, 0.3) is 0 Å². The predicted molar refractivity (Wildman–Crippen MR) is 98.0 cm³/mol. The number of carboxylic acids is 1. The molecule has 0 saturated carbocycles. The number of nitrogen functional groups attached to an aromatic ring is 1. The fourth-order valence-corrected chi connectivity index (χ4v) is 2.11. The van der Waals surface area contributed by atoms with Gasteiger partial charge in [-0.2, -0.15) is 4.98 Å². The Labute approximate surface area is 155 Å². The number of carbonyl (C=O) groups excluding carboxylic acids is 1. The number of carbonyl (C=O) groups is 2. The van der Waals surface area contributed by atoms with Crippen molar-refractivity contribution in [1.29, 1.82) is 0 Å². The van der Waals surface area contributed by atoms with Crippen LogP contribution in [0.1, 0.15) is 25.7 Å². The van der Waals surface area contributed by atoms with E-state index >= 15 is 0 Å². The molecule has 1 aromatic rings. The van der Waals surface area contributed by atoms with E-state index in [0.29, 0.717) is 25.8 Å². The minimum atomic E-state index is -1.17. The molecule has 1 aromatic heterocycles. The summed E-state index contributed by atoms with van der Waals surface area (Å²) in [6, 6.07) is 0.427. The van der Waals surface area contributed by atoms with Crippen LogP contribution in [0.3, 0.4) is 0 Å². The highest BCUT2D eigenvalue weighted by molar-refractivity contribution is 5.79. The van der Waals surface area contributed by atoms with Gasteiger partial charge in [0.1, 0.15) is 11.9 Å². The van der Waals surface area contributed by atoms with Gasteiger partial charge in [-0.1, -0.05) is 0 Å². The second-order valence-corrected chi connectivity index (χ2v) is 5.66. The van der Waals surface area contributed by atoms with Gasteiger partial charge in [-0.3, -0.25) is 9.56 Å². The standard InChI is InChI=1S/C15H25N7O5/c16-11-5-8-22(14(25)21-11)7-1-2-9-27-15(26)20-10(12(23)24)4-3-6-19-13(17)18/h5,8,10H,1-4,6-7,9H2,(H,20,26)(H,23,24)(H2,16,21,25)(H4,17,18,19)/t10-/m0/s1. The second kappa shape index (κ2) is 11.3. The average molecular weight is 383 g/mol. The van der Waals surface area contributed by atoms with Crippen molar-refractivity contribution in [3.05, 3.63) is 22.7 Å². The maximum atomic E-state index is 11.7. The lowest BCUT2D eigenvalue weighted by molar-refractivity contribution is -0.139. The molecule has 27 heavy (non-hydrogen) atoms. The molecule has 0 radical (unpaired) electrons. The van der Waals surface area contributed by atoms with E-state index in [1.807, 2.05) is 0 Å². The molecule has 0 aliphatic carbocycles. The summed E-state index contributed by atoms with van der Waals surface area (Å²) in [5.74, 6) is -1.10. The number of alkyl carbamates (subject to hydrolysis) is 1. The Morgan fingerprint density at radius 3 is 2.70 bits per heavy atom. The second-order valence-electron chi connectivity index (χ2n) is 5.66. The lowest BCUT2D eigenvalue weighted by atomic mass is 10.1. The highest BCUT2D eigenvalue weighted by Crippen LogP contribution is 2.00. The number of aliphatic imine (C=N–C) groups is 1. The molecule has 0 aromatic carbocycles. The number of rotatable bonds is 11. The van der Waals surface area contributed by atoms with Gasteiger partial charge in [0.05, 0.1) is 6.61 Å². The van der Waals surface area contributed by atoms with Crippen LogP contribution in [-0.2, 0) is 16.1 Å². The monoisotopic (exact) mass is 383 g/mol. The van der Waals surface area contributed by atoms with Crippen LogP contribution in [0.4, 0.5) is 10.6 Å². The summed E-state index contributed by atoms with van der Waals surface area (Å²) in [7, 11) is 0. The van der Waals surface area contributed by atoms with Crippen LogP contribution in [0.2, 0.25) is 0 Å². The van der Waals surface area contributed by atoms with Gasteiger partial charge in [0.2, 0.25) is 0 Å². The Bertz CT molecular complexity index is 715. The number of ether oxygens (including phenoxy) is 1. The van der Waals surface area contributed by atoms with Crippen molar-refractivity contribution in [3.8, 4) is 0 Å². The third-order valence-corrected chi connectivity index (χ3v) is 3.46. The fraction of sp³-hybridized carbons (Fsp3) is 0.533. The van der Waals surface area contributed by atoms with Crippen LogP contribution >= 0.6 is 0 Å². The van der Waals surface area contributed by atoms with Crippen LogP contribution < -0.4 is 28.2 Å².